The number of ketones is 1. The summed E-state index contributed by atoms with van der Waals surface area (Å²) in [6.07, 6.45) is 3.72. The lowest BCUT2D eigenvalue weighted by Crippen LogP contribution is -2.59. The third-order valence-electron chi connectivity index (χ3n) is 6.39. The number of hydrogen-bond donors (Lipinski definition) is 3. The lowest BCUT2D eigenvalue weighted by Gasteiger charge is -2.36. The third kappa shape index (κ3) is 8.16. The lowest BCUT2D eigenvalue weighted by molar-refractivity contribution is -0.143. The van der Waals surface area contributed by atoms with Gasteiger partial charge < -0.3 is 25.4 Å². The highest BCUT2D eigenvalue weighted by Crippen LogP contribution is 2.31. The van der Waals surface area contributed by atoms with Crippen LogP contribution in [0.2, 0.25) is 0 Å². The smallest absolute Gasteiger partial charge is 0.408 e. The van der Waals surface area contributed by atoms with E-state index in [0.29, 0.717) is 25.8 Å². The van der Waals surface area contributed by atoms with Gasteiger partial charge in [0.1, 0.15) is 17.7 Å². The molecule has 0 radical (unpaired) electrons. The van der Waals surface area contributed by atoms with E-state index >= 15 is 0 Å². The van der Waals surface area contributed by atoms with Crippen molar-refractivity contribution in [3.8, 4) is 0 Å². The molecule has 1 aliphatic carbocycles. The number of ether oxygens (including phenoxy) is 1. The molecule has 1 saturated carbocycles. The fourth-order valence-electron chi connectivity index (χ4n) is 4.33. The Labute approximate surface area is 210 Å². The normalized spacial score (nSPS) is 20.3. The molecular weight excluding hydrogens is 471 g/mol. The summed E-state index contributed by atoms with van der Waals surface area (Å²) < 4.78 is 5.34. The summed E-state index contributed by atoms with van der Waals surface area (Å²) in [7, 11) is 2.00. The maximum Gasteiger partial charge on any atom is 0.408 e. The molecule has 0 aromatic rings. The molecule has 0 bridgehead atoms. The molecule has 4 atom stereocenters. The Balaban J connectivity index is 2.16. The van der Waals surface area contributed by atoms with Crippen LogP contribution in [0.3, 0.4) is 0 Å². The second kappa shape index (κ2) is 11.7. The zero-order valence-electron chi connectivity index (χ0n) is 21.7. The molecule has 2 aliphatic rings. The van der Waals surface area contributed by atoms with E-state index in [-0.39, 0.29) is 11.8 Å². The van der Waals surface area contributed by atoms with Crippen molar-refractivity contribution in [3.63, 3.8) is 0 Å². The number of likely N-dealkylation sites (tertiary alicyclic amines) is 1. The molecule has 11 heteroatoms. The first-order chi connectivity index (χ1) is 16.1. The van der Waals surface area contributed by atoms with Crippen molar-refractivity contribution in [3.05, 3.63) is 0 Å². The fourth-order valence-corrected chi connectivity index (χ4v) is 4.48. The Bertz CT molecular complexity index is 831. The highest BCUT2D eigenvalue weighted by Gasteiger charge is 2.43. The van der Waals surface area contributed by atoms with E-state index < -0.39 is 52.8 Å². The van der Waals surface area contributed by atoms with Crippen molar-refractivity contribution >= 4 is 39.0 Å². The SMILES string of the molecule is CC(C)(C)OC(=O)N[C@H](C(=O)N1CCC[C@H]1C(=O)NC(CC1CCC1)C(=O)C(=O)NP)C(C)(C)C. The van der Waals surface area contributed by atoms with E-state index in [1.165, 1.54) is 4.90 Å². The third-order valence-corrected chi connectivity index (χ3v) is 6.66. The van der Waals surface area contributed by atoms with Gasteiger partial charge in [0.2, 0.25) is 17.6 Å². The maximum atomic E-state index is 13.6. The second-order valence-corrected chi connectivity index (χ2v) is 11.9. The number of nitrogens with zero attached hydrogens (tertiary/aromatic N) is 1. The Kier molecular flexibility index (Phi) is 9.68. The van der Waals surface area contributed by atoms with Gasteiger partial charge in [-0.3, -0.25) is 19.2 Å². The summed E-state index contributed by atoms with van der Waals surface area (Å²) >= 11 is 0. The molecule has 2 rings (SSSR count). The predicted octanol–water partition coefficient (Wildman–Crippen LogP) is 2.07. The molecule has 0 aromatic carbocycles. The summed E-state index contributed by atoms with van der Waals surface area (Å²) in [4.78, 5) is 65.3. The first kappa shape index (κ1) is 29.0. The van der Waals surface area contributed by atoms with Crippen molar-refractivity contribution in [1.29, 1.82) is 0 Å². The van der Waals surface area contributed by atoms with Gasteiger partial charge in [0, 0.05) is 6.54 Å². The van der Waals surface area contributed by atoms with Crippen molar-refractivity contribution in [2.45, 2.75) is 104 Å². The molecule has 35 heavy (non-hydrogen) atoms. The highest BCUT2D eigenvalue weighted by molar-refractivity contribution is 7.15. The first-order valence-corrected chi connectivity index (χ1v) is 12.9. The molecule has 1 saturated heterocycles. The summed E-state index contributed by atoms with van der Waals surface area (Å²) in [5, 5.41) is 7.67. The number of amides is 4. The zero-order chi connectivity index (χ0) is 26.6. The number of nitrogens with one attached hydrogen (secondary N) is 3. The van der Waals surface area contributed by atoms with Gasteiger partial charge in [-0.1, -0.05) is 40.0 Å². The molecule has 10 nitrogen and oxygen atoms in total. The van der Waals surface area contributed by atoms with Crippen LogP contribution < -0.4 is 15.7 Å². The summed E-state index contributed by atoms with van der Waals surface area (Å²) in [5.41, 5.74) is -1.37. The van der Waals surface area contributed by atoms with Gasteiger partial charge in [-0.25, -0.2) is 4.79 Å². The topological polar surface area (TPSA) is 134 Å². The molecule has 2 unspecified atom stereocenters. The van der Waals surface area contributed by atoms with Crippen molar-refractivity contribution < 1.29 is 28.7 Å². The zero-order valence-corrected chi connectivity index (χ0v) is 22.9. The average molecular weight is 513 g/mol. The molecule has 1 heterocycles. The molecular formula is C24H41N4O6P. The summed E-state index contributed by atoms with van der Waals surface area (Å²) in [5.74, 6) is -2.05. The van der Waals surface area contributed by atoms with Crippen LogP contribution in [0, 0.1) is 11.3 Å². The minimum Gasteiger partial charge on any atom is -0.444 e. The average Bonchev–Trinajstić information content (AvgIpc) is 3.19. The first-order valence-electron chi connectivity index (χ1n) is 12.3. The van der Waals surface area contributed by atoms with E-state index in [1.54, 1.807) is 20.8 Å². The summed E-state index contributed by atoms with van der Waals surface area (Å²) in [6.45, 7) is 11.0. The van der Waals surface area contributed by atoms with Crippen LogP contribution in [0.15, 0.2) is 0 Å². The van der Waals surface area contributed by atoms with Gasteiger partial charge in [-0.2, -0.15) is 0 Å². The molecule has 4 amide bonds. The molecule has 2 fully saturated rings. The molecule has 0 spiro atoms. The quantitative estimate of drug-likeness (QED) is 0.337. The van der Waals surface area contributed by atoms with Gasteiger partial charge in [-0.15, -0.1) is 0 Å². The van der Waals surface area contributed by atoms with Gasteiger partial charge in [0.05, 0.1) is 6.04 Å². The van der Waals surface area contributed by atoms with Gasteiger partial charge in [0.25, 0.3) is 5.91 Å². The van der Waals surface area contributed by atoms with Crippen LogP contribution in [0.5, 0.6) is 0 Å². The number of alkyl carbamates (subject to hydrolysis) is 1. The second-order valence-electron chi connectivity index (χ2n) is 11.6. The summed E-state index contributed by atoms with van der Waals surface area (Å²) in [6, 6.07) is -2.64. The number of hydrogen-bond acceptors (Lipinski definition) is 6. The number of Topliss-reactive ketones (excluding diaryl/α,β-unsaturated/α-hetero) is 1. The standard InChI is InChI=1S/C24H41N4O6P/c1-23(2,3)18(26-22(33)34-24(4,5)6)21(32)28-12-8-11-16(28)19(30)25-15(13-14-9-7-10-14)17(29)20(31)27-35/h14-16,18H,7-13,35H2,1-6H3,(H,25,30)(H,26,33)(H,27,31)/t15?,16-,18+/m0/s1. The van der Waals surface area contributed by atoms with E-state index in [4.69, 9.17) is 4.74 Å². The van der Waals surface area contributed by atoms with Crippen LogP contribution in [0.4, 0.5) is 4.79 Å². The number of rotatable bonds is 8. The Morgan fingerprint density at radius 3 is 2.09 bits per heavy atom. The van der Waals surface area contributed by atoms with Crippen LogP contribution in [-0.2, 0) is 23.9 Å². The van der Waals surface area contributed by atoms with Crippen LogP contribution in [0.25, 0.3) is 0 Å². The van der Waals surface area contributed by atoms with E-state index in [1.807, 2.05) is 30.2 Å². The van der Waals surface area contributed by atoms with Crippen LogP contribution in [0.1, 0.15) is 80.1 Å². The fraction of sp³-hybridized carbons (Fsp3) is 0.792. The lowest BCUT2D eigenvalue weighted by atomic mass is 9.80. The highest BCUT2D eigenvalue weighted by atomic mass is 31.0. The van der Waals surface area contributed by atoms with Crippen molar-refractivity contribution in [2.24, 2.45) is 11.3 Å². The van der Waals surface area contributed by atoms with Crippen LogP contribution in [-0.4, -0.2) is 64.8 Å². The Morgan fingerprint density at radius 2 is 1.60 bits per heavy atom. The molecule has 1 aliphatic heterocycles. The Hall–Kier alpha value is -2.22. The molecule has 198 valence electrons. The van der Waals surface area contributed by atoms with E-state index in [9.17, 15) is 24.0 Å². The monoisotopic (exact) mass is 512 g/mol. The number of carbonyl (C=O) groups excluding carboxylic acids is 5. The van der Waals surface area contributed by atoms with E-state index in [0.717, 1.165) is 19.3 Å². The van der Waals surface area contributed by atoms with Crippen LogP contribution >= 0.6 is 9.39 Å². The Morgan fingerprint density at radius 1 is 0.971 bits per heavy atom. The van der Waals surface area contributed by atoms with Gasteiger partial charge >= 0.3 is 6.09 Å². The minimum absolute atomic E-state index is 0.283. The number of carbonyl (C=O) groups is 5. The molecule has 0 aromatic heterocycles. The van der Waals surface area contributed by atoms with E-state index in [2.05, 4.69) is 15.7 Å². The molecule has 3 N–H and O–H groups in total. The van der Waals surface area contributed by atoms with Gasteiger partial charge in [-0.05, 0) is 60.8 Å². The largest absolute Gasteiger partial charge is 0.444 e. The minimum atomic E-state index is -0.941. The van der Waals surface area contributed by atoms with Crippen molar-refractivity contribution in [2.75, 3.05) is 6.54 Å². The van der Waals surface area contributed by atoms with Gasteiger partial charge in [0.15, 0.2) is 0 Å². The maximum absolute atomic E-state index is 13.6. The predicted molar refractivity (Wildman–Crippen MR) is 134 cm³/mol. The van der Waals surface area contributed by atoms with Crippen molar-refractivity contribution in [1.82, 2.24) is 20.6 Å².